The summed E-state index contributed by atoms with van der Waals surface area (Å²) in [6, 6.07) is 1.60. The Balaban J connectivity index is 1.87. The normalized spacial score (nSPS) is 11.0. The lowest BCUT2D eigenvalue weighted by atomic mass is 10.1. The van der Waals surface area contributed by atoms with Gasteiger partial charge in [-0.2, -0.15) is 4.98 Å². The van der Waals surface area contributed by atoms with Crippen LogP contribution in [0.4, 0.5) is 4.79 Å². The highest BCUT2D eigenvalue weighted by atomic mass is 16.5. The van der Waals surface area contributed by atoms with E-state index in [4.69, 9.17) is 13.8 Å². The Morgan fingerprint density at radius 1 is 1.38 bits per heavy atom. The average Bonchev–Trinajstić information content (AvgIpc) is 3.20. The number of rotatable bonds is 8. The summed E-state index contributed by atoms with van der Waals surface area (Å²) in [6.45, 7) is 7.20. The van der Waals surface area contributed by atoms with E-state index in [1.54, 1.807) is 12.0 Å². The number of nitrogens with one attached hydrogen (secondary N) is 1. The van der Waals surface area contributed by atoms with Gasteiger partial charge in [-0.1, -0.05) is 24.2 Å². The summed E-state index contributed by atoms with van der Waals surface area (Å²) in [5.41, 5.74) is 0.864. The number of carbonyl (C=O) groups excluding carboxylic acids is 1. The fourth-order valence-electron chi connectivity index (χ4n) is 1.99. The van der Waals surface area contributed by atoms with Crippen molar-refractivity contribution in [2.75, 3.05) is 13.7 Å². The summed E-state index contributed by atoms with van der Waals surface area (Å²) in [6.07, 6.45) is 0. The minimum Gasteiger partial charge on any atom is -0.377 e. The van der Waals surface area contributed by atoms with E-state index in [1.165, 1.54) is 0 Å². The lowest BCUT2D eigenvalue weighted by Gasteiger charge is -2.18. The Kier molecular flexibility index (Phi) is 6.30. The van der Waals surface area contributed by atoms with E-state index in [0.717, 1.165) is 5.69 Å². The predicted octanol–water partition coefficient (Wildman–Crippen LogP) is 2.06. The van der Waals surface area contributed by atoms with Crippen molar-refractivity contribution in [3.8, 4) is 0 Å². The molecule has 9 heteroatoms. The van der Waals surface area contributed by atoms with Crippen molar-refractivity contribution >= 4 is 6.03 Å². The zero-order valence-corrected chi connectivity index (χ0v) is 14.4. The summed E-state index contributed by atoms with van der Waals surface area (Å²) in [7, 11) is 1.55. The zero-order valence-electron chi connectivity index (χ0n) is 14.4. The van der Waals surface area contributed by atoms with Gasteiger partial charge in [0.1, 0.15) is 13.2 Å². The lowest BCUT2D eigenvalue weighted by molar-refractivity contribution is 0.174. The minimum absolute atomic E-state index is 0.229. The van der Waals surface area contributed by atoms with E-state index >= 15 is 0 Å². The molecule has 2 amide bonds. The second kappa shape index (κ2) is 8.44. The van der Waals surface area contributed by atoms with Crippen LogP contribution >= 0.6 is 0 Å². The largest absolute Gasteiger partial charge is 0.377 e. The highest BCUT2D eigenvalue weighted by molar-refractivity contribution is 5.73. The van der Waals surface area contributed by atoms with E-state index in [0.29, 0.717) is 24.0 Å². The van der Waals surface area contributed by atoms with Crippen LogP contribution in [0.1, 0.15) is 49.9 Å². The Morgan fingerprint density at radius 2 is 2.17 bits per heavy atom. The molecule has 1 N–H and O–H groups in total. The molecule has 2 aromatic heterocycles. The third-order valence-corrected chi connectivity index (χ3v) is 3.36. The van der Waals surface area contributed by atoms with Crippen molar-refractivity contribution in [1.29, 1.82) is 0 Å². The van der Waals surface area contributed by atoms with Gasteiger partial charge in [-0.15, -0.1) is 0 Å². The number of carbonyl (C=O) groups is 1. The molecule has 0 radical (unpaired) electrons. The minimum atomic E-state index is -0.244. The van der Waals surface area contributed by atoms with Gasteiger partial charge in [-0.05, 0) is 12.8 Å². The van der Waals surface area contributed by atoms with Gasteiger partial charge in [0.05, 0.1) is 12.2 Å². The maximum atomic E-state index is 12.3. The van der Waals surface area contributed by atoms with Gasteiger partial charge in [0.15, 0.2) is 11.6 Å². The van der Waals surface area contributed by atoms with Crippen LogP contribution in [0.2, 0.25) is 0 Å². The molecule has 2 aromatic rings. The molecule has 0 aliphatic rings. The fourth-order valence-corrected chi connectivity index (χ4v) is 1.99. The van der Waals surface area contributed by atoms with Crippen molar-refractivity contribution in [1.82, 2.24) is 25.5 Å². The summed E-state index contributed by atoms with van der Waals surface area (Å²) in [5, 5.41) is 10.5. The van der Waals surface area contributed by atoms with Crippen molar-refractivity contribution < 1.29 is 18.6 Å². The average molecular weight is 337 g/mol. The third-order valence-electron chi connectivity index (χ3n) is 3.36. The zero-order chi connectivity index (χ0) is 17.5. The lowest BCUT2D eigenvalue weighted by Crippen LogP contribution is -2.39. The summed E-state index contributed by atoms with van der Waals surface area (Å²) >= 11 is 0. The molecule has 0 saturated carbocycles. The smallest absolute Gasteiger partial charge is 0.318 e. The van der Waals surface area contributed by atoms with Crippen molar-refractivity contribution in [2.24, 2.45) is 0 Å². The SMILES string of the molecule is CCN(Cc1nc(COC)no1)C(=O)NCc1cc(C(C)C)no1. The monoisotopic (exact) mass is 337 g/mol. The Morgan fingerprint density at radius 3 is 2.79 bits per heavy atom. The topological polar surface area (TPSA) is 107 Å². The molecule has 9 nitrogen and oxygen atoms in total. The van der Waals surface area contributed by atoms with Gasteiger partial charge >= 0.3 is 6.03 Å². The van der Waals surface area contributed by atoms with Gasteiger partial charge in [-0.25, -0.2) is 4.79 Å². The molecule has 0 atom stereocenters. The van der Waals surface area contributed by atoms with E-state index in [2.05, 4.69) is 20.6 Å². The number of methoxy groups -OCH3 is 1. The molecule has 2 rings (SSSR count). The van der Waals surface area contributed by atoms with Gasteiger partial charge < -0.3 is 24.0 Å². The van der Waals surface area contributed by atoms with Crippen LogP contribution in [0.15, 0.2) is 15.1 Å². The molecular weight excluding hydrogens is 314 g/mol. The van der Waals surface area contributed by atoms with Crippen LogP contribution in [0.25, 0.3) is 0 Å². The quantitative estimate of drug-likeness (QED) is 0.785. The van der Waals surface area contributed by atoms with E-state index in [-0.39, 0.29) is 31.6 Å². The fraction of sp³-hybridized carbons (Fsp3) is 0.600. The second-order valence-electron chi connectivity index (χ2n) is 5.58. The molecule has 24 heavy (non-hydrogen) atoms. The van der Waals surface area contributed by atoms with Gasteiger partial charge in [0, 0.05) is 19.7 Å². The van der Waals surface area contributed by atoms with E-state index in [9.17, 15) is 4.79 Å². The number of urea groups is 1. The van der Waals surface area contributed by atoms with Crippen molar-refractivity contribution in [2.45, 2.75) is 46.4 Å². The number of amides is 2. The van der Waals surface area contributed by atoms with Crippen LogP contribution in [0.3, 0.4) is 0 Å². The first-order valence-electron chi connectivity index (χ1n) is 7.82. The maximum Gasteiger partial charge on any atom is 0.318 e. The second-order valence-corrected chi connectivity index (χ2v) is 5.58. The predicted molar refractivity (Wildman–Crippen MR) is 83.9 cm³/mol. The van der Waals surface area contributed by atoms with Crippen molar-refractivity contribution in [3.63, 3.8) is 0 Å². The Labute approximate surface area is 140 Å². The van der Waals surface area contributed by atoms with Crippen LogP contribution < -0.4 is 5.32 Å². The first kappa shape index (κ1) is 17.9. The van der Waals surface area contributed by atoms with Crippen LogP contribution in [0.5, 0.6) is 0 Å². The maximum absolute atomic E-state index is 12.3. The number of hydrogen-bond donors (Lipinski definition) is 1. The molecule has 0 spiro atoms. The molecular formula is C15H23N5O4. The summed E-state index contributed by atoms with van der Waals surface area (Å²) < 4.78 is 15.2. The van der Waals surface area contributed by atoms with Crippen LogP contribution in [-0.4, -0.2) is 39.9 Å². The van der Waals surface area contributed by atoms with E-state index in [1.807, 2.05) is 26.8 Å². The molecule has 0 saturated heterocycles. The molecule has 0 unspecified atom stereocenters. The molecule has 0 aliphatic heterocycles. The van der Waals surface area contributed by atoms with Crippen molar-refractivity contribution in [3.05, 3.63) is 29.2 Å². The first-order chi connectivity index (χ1) is 11.5. The molecule has 0 aromatic carbocycles. The molecule has 0 bridgehead atoms. The van der Waals surface area contributed by atoms with Crippen LogP contribution in [0, 0.1) is 0 Å². The number of hydrogen-bond acceptors (Lipinski definition) is 7. The Bertz CT molecular complexity index is 652. The van der Waals surface area contributed by atoms with E-state index < -0.39 is 0 Å². The van der Waals surface area contributed by atoms with Gasteiger partial charge in [-0.3, -0.25) is 0 Å². The summed E-state index contributed by atoms with van der Waals surface area (Å²) in [4.78, 5) is 18.0. The standard InChI is InChI=1S/C15H23N5O4/c1-5-20(8-14-17-13(9-22-4)19-24-14)15(21)16-7-11-6-12(10(2)3)18-23-11/h6,10H,5,7-9H2,1-4H3,(H,16,21). The highest BCUT2D eigenvalue weighted by Gasteiger charge is 2.17. The molecule has 2 heterocycles. The van der Waals surface area contributed by atoms with Gasteiger partial charge in [0.2, 0.25) is 5.89 Å². The number of ether oxygens (including phenoxy) is 1. The molecule has 0 fully saturated rings. The first-order valence-corrected chi connectivity index (χ1v) is 7.82. The molecule has 0 aliphatic carbocycles. The summed E-state index contributed by atoms with van der Waals surface area (Å²) in [5.74, 6) is 1.71. The van der Waals surface area contributed by atoms with Crippen LogP contribution in [-0.2, 0) is 24.4 Å². The third kappa shape index (κ3) is 4.79. The number of aromatic nitrogens is 3. The highest BCUT2D eigenvalue weighted by Crippen LogP contribution is 2.14. The number of nitrogens with zero attached hydrogens (tertiary/aromatic N) is 4. The Hall–Kier alpha value is -2.42. The van der Waals surface area contributed by atoms with Gasteiger partial charge in [0.25, 0.3) is 0 Å². The molecule has 132 valence electrons.